The molecule has 1 N–H and O–H groups in total. The summed E-state index contributed by atoms with van der Waals surface area (Å²) in [5.74, 6) is 2.20. The fraction of sp³-hybridized carbons (Fsp3) is 0.429. The van der Waals surface area contributed by atoms with E-state index in [4.69, 9.17) is 14.2 Å². The van der Waals surface area contributed by atoms with Gasteiger partial charge in [0.2, 0.25) is 5.75 Å². The number of nitrogens with one attached hydrogen (secondary N) is 1. The van der Waals surface area contributed by atoms with E-state index in [0.29, 0.717) is 19.0 Å². The topological polar surface area (TPSA) is 39.7 Å². The van der Waals surface area contributed by atoms with E-state index in [1.807, 2.05) is 18.2 Å². The van der Waals surface area contributed by atoms with Crippen LogP contribution < -0.4 is 19.5 Å². The third kappa shape index (κ3) is 2.96. The molecule has 1 aromatic carbocycles. The fourth-order valence-corrected chi connectivity index (χ4v) is 1.87. The molecular weight excluding hydrogens is 230 g/mol. The first-order valence-corrected chi connectivity index (χ1v) is 6.13. The lowest BCUT2D eigenvalue weighted by molar-refractivity contribution is 0.165. The van der Waals surface area contributed by atoms with Crippen LogP contribution in [0.1, 0.15) is 12.0 Å². The van der Waals surface area contributed by atoms with Crippen molar-refractivity contribution in [2.45, 2.75) is 13.0 Å². The van der Waals surface area contributed by atoms with E-state index in [-0.39, 0.29) is 0 Å². The maximum Gasteiger partial charge on any atom is 0.203 e. The van der Waals surface area contributed by atoms with Gasteiger partial charge in [0.1, 0.15) is 13.2 Å². The second-order valence-corrected chi connectivity index (χ2v) is 4.08. The molecule has 0 saturated heterocycles. The van der Waals surface area contributed by atoms with E-state index in [1.165, 1.54) is 0 Å². The quantitative estimate of drug-likeness (QED) is 0.619. The molecule has 0 aliphatic carbocycles. The summed E-state index contributed by atoms with van der Waals surface area (Å²) in [4.78, 5) is 0. The second kappa shape index (κ2) is 6.31. The van der Waals surface area contributed by atoms with Gasteiger partial charge in [-0.2, -0.15) is 0 Å². The Labute approximate surface area is 108 Å². The van der Waals surface area contributed by atoms with Crippen LogP contribution in [0.2, 0.25) is 0 Å². The van der Waals surface area contributed by atoms with Gasteiger partial charge < -0.3 is 19.5 Å². The number of methoxy groups -OCH3 is 1. The number of hydrogen-bond acceptors (Lipinski definition) is 4. The van der Waals surface area contributed by atoms with E-state index < -0.39 is 0 Å². The Morgan fingerprint density at radius 2 is 2.22 bits per heavy atom. The Balaban J connectivity index is 2.09. The second-order valence-electron chi connectivity index (χ2n) is 4.08. The Kier molecular flexibility index (Phi) is 4.47. The summed E-state index contributed by atoms with van der Waals surface area (Å²) in [6.07, 6.45) is 2.86. The van der Waals surface area contributed by atoms with Crippen molar-refractivity contribution in [1.82, 2.24) is 5.32 Å². The van der Waals surface area contributed by atoms with E-state index in [0.717, 1.165) is 36.6 Å². The Hall–Kier alpha value is -1.68. The lowest BCUT2D eigenvalue weighted by Gasteiger charge is -2.21. The zero-order chi connectivity index (χ0) is 12.8. The first-order chi connectivity index (χ1) is 8.85. The standard InChI is InChI=1S/C14H19NO3/c1-3-4-5-15-10-11-8-12(16-2)14-13(9-11)17-6-7-18-14/h3,8-9,15H,1,4-7,10H2,2H3. The van der Waals surface area contributed by atoms with Crippen LogP contribution >= 0.6 is 0 Å². The van der Waals surface area contributed by atoms with Crippen LogP contribution in [0.3, 0.4) is 0 Å². The Morgan fingerprint density at radius 3 is 3.00 bits per heavy atom. The molecule has 0 radical (unpaired) electrons. The fourth-order valence-electron chi connectivity index (χ4n) is 1.87. The molecule has 4 nitrogen and oxygen atoms in total. The van der Waals surface area contributed by atoms with Crippen molar-refractivity contribution in [3.05, 3.63) is 30.4 Å². The molecule has 98 valence electrons. The largest absolute Gasteiger partial charge is 0.493 e. The molecule has 0 spiro atoms. The van der Waals surface area contributed by atoms with Gasteiger partial charge in [0, 0.05) is 6.54 Å². The van der Waals surface area contributed by atoms with Crippen LogP contribution in [0.4, 0.5) is 0 Å². The minimum Gasteiger partial charge on any atom is -0.493 e. The molecule has 0 amide bonds. The van der Waals surface area contributed by atoms with Gasteiger partial charge in [0.05, 0.1) is 7.11 Å². The van der Waals surface area contributed by atoms with Crippen LogP contribution in [0.5, 0.6) is 17.2 Å². The number of fused-ring (bicyclic) bond motifs is 1. The van der Waals surface area contributed by atoms with Gasteiger partial charge >= 0.3 is 0 Å². The van der Waals surface area contributed by atoms with Crippen molar-refractivity contribution < 1.29 is 14.2 Å². The summed E-state index contributed by atoms with van der Waals surface area (Å²) in [5, 5.41) is 3.34. The smallest absolute Gasteiger partial charge is 0.203 e. The molecule has 4 heteroatoms. The van der Waals surface area contributed by atoms with Gasteiger partial charge in [0.15, 0.2) is 11.5 Å². The molecule has 2 rings (SSSR count). The van der Waals surface area contributed by atoms with Gasteiger partial charge in [-0.15, -0.1) is 6.58 Å². The van der Waals surface area contributed by atoms with Crippen molar-refractivity contribution in [2.75, 3.05) is 26.9 Å². The number of hydrogen-bond donors (Lipinski definition) is 1. The van der Waals surface area contributed by atoms with Crippen molar-refractivity contribution in [3.63, 3.8) is 0 Å². The molecule has 0 bridgehead atoms. The van der Waals surface area contributed by atoms with Gasteiger partial charge in [-0.1, -0.05) is 6.08 Å². The van der Waals surface area contributed by atoms with E-state index >= 15 is 0 Å². The molecule has 1 aliphatic rings. The average molecular weight is 249 g/mol. The number of rotatable bonds is 6. The molecule has 0 fully saturated rings. The van der Waals surface area contributed by atoms with E-state index in [1.54, 1.807) is 7.11 Å². The monoisotopic (exact) mass is 249 g/mol. The summed E-state index contributed by atoms with van der Waals surface area (Å²) in [5.41, 5.74) is 1.13. The first-order valence-electron chi connectivity index (χ1n) is 6.13. The lowest BCUT2D eigenvalue weighted by Crippen LogP contribution is -2.18. The normalized spacial score (nSPS) is 13.2. The zero-order valence-electron chi connectivity index (χ0n) is 10.7. The molecule has 1 heterocycles. The third-order valence-corrected chi connectivity index (χ3v) is 2.74. The van der Waals surface area contributed by atoms with Gasteiger partial charge in [0.25, 0.3) is 0 Å². The van der Waals surface area contributed by atoms with E-state index in [2.05, 4.69) is 11.9 Å². The average Bonchev–Trinajstić information content (AvgIpc) is 2.42. The summed E-state index contributed by atoms with van der Waals surface area (Å²) in [7, 11) is 1.64. The Morgan fingerprint density at radius 1 is 1.39 bits per heavy atom. The van der Waals surface area contributed by atoms with E-state index in [9.17, 15) is 0 Å². The highest BCUT2D eigenvalue weighted by molar-refractivity contribution is 5.54. The van der Waals surface area contributed by atoms with Crippen molar-refractivity contribution >= 4 is 0 Å². The summed E-state index contributed by atoms with van der Waals surface area (Å²) in [6.45, 7) is 6.55. The zero-order valence-corrected chi connectivity index (χ0v) is 10.7. The first kappa shape index (κ1) is 12.8. The van der Waals surface area contributed by atoms with Crippen molar-refractivity contribution in [3.8, 4) is 17.2 Å². The van der Waals surface area contributed by atoms with Crippen LogP contribution in [-0.4, -0.2) is 26.9 Å². The van der Waals surface area contributed by atoms with Gasteiger partial charge in [-0.3, -0.25) is 0 Å². The number of benzene rings is 1. The highest BCUT2D eigenvalue weighted by Gasteiger charge is 2.18. The third-order valence-electron chi connectivity index (χ3n) is 2.74. The highest BCUT2D eigenvalue weighted by atomic mass is 16.6. The molecular formula is C14H19NO3. The van der Waals surface area contributed by atoms with Crippen LogP contribution in [0.25, 0.3) is 0 Å². The SMILES string of the molecule is C=CCCNCc1cc(OC)c2c(c1)OCCO2. The molecule has 0 atom stereocenters. The highest BCUT2D eigenvalue weighted by Crippen LogP contribution is 2.40. The number of ether oxygens (including phenoxy) is 3. The maximum absolute atomic E-state index is 5.59. The minimum atomic E-state index is 0.570. The van der Waals surface area contributed by atoms with Crippen LogP contribution in [0, 0.1) is 0 Å². The molecule has 0 aromatic heterocycles. The molecule has 1 aromatic rings. The summed E-state index contributed by atoms with van der Waals surface area (Å²) >= 11 is 0. The van der Waals surface area contributed by atoms with Crippen LogP contribution in [0.15, 0.2) is 24.8 Å². The molecule has 1 aliphatic heterocycles. The minimum absolute atomic E-state index is 0.570. The van der Waals surface area contributed by atoms with Gasteiger partial charge in [-0.05, 0) is 30.7 Å². The molecule has 18 heavy (non-hydrogen) atoms. The molecule has 0 saturated carbocycles. The van der Waals surface area contributed by atoms with Crippen LogP contribution in [-0.2, 0) is 6.54 Å². The Bertz CT molecular complexity index is 400. The van der Waals surface area contributed by atoms with Gasteiger partial charge in [-0.25, -0.2) is 0 Å². The maximum atomic E-state index is 5.59. The lowest BCUT2D eigenvalue weighted by atomic mass is 10.1. The predicted octanol–water partition coefficient (Wildman–Crippen LogP) is 2.13. The van der Waals surface area contributed by atoms with Crippen molar-refractivity contribution in [2.24, 2.45) is 0 Å². The molecule has 0 unspecified atom stereocenters. The van der Waals surface area contributed by atoms with Crippen molar-refractivity contribution in [1.29, 1.82) is 0 Å². The summed E-state index contributed by atoms with van der Waals surface area (Å²) in [6, 6.07) is 3.98. The summed E-state index contributed by atoms with van der Waals surface area (Å²) < 4.78 is 16.5. The predicted molar refractivity (Wildman–Crippen MR) is 70.5 cm³/mol.